The summed E-state index contributed by atoms with van der Waals surface area (Å²) in [6.07, 6.45) is -6.77. The maximum Gasteiger partial charge on any atom is 0.405 e. The van der Waals surface area contributed by atoms with Gasteiger partial charge in [0.15, 0.2) is 0 Å². The second-order valence-electron chi connectivity index (χ2n) is 8.70. The van der Waals surface area contributed by atoms with E-state index in [9.17, 15) is 26.3 Å². The zero-order valence-corrected chi connectivity index (χ0v) is 23.8. The van der Waals surface area contributed by atoms with Crippen LogP contribution in [0.3, 0.4) is 0 Å². The first-order valence-corrected chi connectivity index (χ1v) is 12.7. The van der Waals surface area contributed by atoms with E-state index in [1.54, 1.807) is 13.8 Å². The van der Waals surface area contributed by atoms with Crippen LogP contribution in [-0.4, -0.2) is 28.8 Å². The van der Waals surface area contributed by atoms with Crippen molar-refractivity contribution in [2.24, 2.45) is 5.41 Å². The van der Waals surface area contributed by atoms with Crippen molar-refractivity contribution in [1.29, 1.82) is 0 Å². The highest BCUT2D eigenvalue weighted by Gasteiger charge is 2.39. The van der Waals surface area contributed by atoms with Crippen molar-refractivity contribution >= 4 is 86.8 Å². The molecule has 1 nitrogen and oxygen atoms in total. The molecule has 0 aromatic heterocycles. The Hall–Kier alpha value is -1.10. The van der Waals surface area contributed by atoms with E-state index in [4.69, 9.17) is 70.8 Å². The molecule has 0 spiro atoms. The normalized spacial score (nSPS) is 13.6. The first-order valence-electron chi connectivity index (χ1n) is 10.4. The molecule has 37 heavy (non-hydrogen) atoms. The van der Waals surface area contributed by atoms with Gasteiger partial charge in [0.25, 0.3) is 0 Å². The summed E-state index contributed by atoms with van der Waals surface area (Å²) in [7, 11) is 0. The fraction of sp³-hybridized carbons (Fsp3) is 0.333. The number of nitrogens with one attached hydrogen (secondary N) is 1. The summed E-state index contributed by atoms with van der Waals surface area (Å²) in [5.41, 5.74) is -0.312. The van der Waals surface area contributed by atoms with E-state index in [1.165, 1.54) is 24.3 Å². The predicted octanol–water partition coefficient (Wildman–Crippen LogP) is 10.3. The van der Waals surface area contributed by atoms with Crippen molar-refractivity contribution in [2.75, 3.05) is 6.54 Å². The van der Waals surface area contributed by atoms with Crippen molar-refractivity contribution in [2.45, 2.75) is 38.5 Å². The highest BCUT2D eigenvalue weighted by atomic mass is 35.5. The fourth-order valence-electron chi connectivity index (χ4n) is 3.23. The summed E-state index contributed by atoms with van der Waals surface area (Å²) in [6.45, 7) is 2.02. The number of hydrogen-bond acceptors (Lipinski definition) is 2. The van der Waals surface area contributed by atoms with Crippen molar-refractivity contribution in [3.8, 4) is 0 Å². The van der Waals surface area contributed by atoms with Gasteiger partial charge in [0, 0.05) is 20.9 Å². The summed E-state index contributed by atoms with van der Waals surface area (Å²) in [5, 5.41) is 2.10. The molecule has 2 aromatic carbocycles. The van der Waals surface area contributed by atoms with Crippen LogP contribution in [0.2, 0.25) is 20.1 Å². The highest BCUT2D eigenvalue weighted by Crippen LogP contribution is 2.41. The number of halogens is 10. The molecular weight excluding hydrogens is 622 g/mol. The number of thiocarbonyl (C=S) groups is 2. The van der Waals surface area contributed by atoms with E-state index in [-0.39, 0.29) is 37.1 Å². The van der Waals surface area contributed by atoms with Crippen LogP contribution in [0.4, 0.5) is 26.3 Å². The van der Waals surface area contributed by atoms with Crippen LogP contribution in [0.1, 0.15) is 42.9 Å². The van der Waals surface area contributed by atoms with Crippen LogP contribution < -0.4 is 5.32 Å². The van der Waals surface area contributed by atoms with Crippen LogP contribution in [0.15, 0.2) is 36.4 Å². The van der Waals surface area contributed by atoms with Gasteiger partial charge in [0.05, 0.1) is 26.0 Å². The lowest BCUT2D eigenvalue weighted by molar-refractivity contribution is -0.139. The highest BCUT2D eigenvalue weighted by molar-refractivity contribution is 7.81. The summed E-state index contributed by atoms with van der Waals surface area (Å²) in [6, 6.07) is 6.69. The summed E-state index contributed by atoms with van der Waals surface area (Å²) in [5.74, 6) is -2.02. The van der Waals surface area contributed by atoms with Crippen molar-refractivity contribution in [3.63, 3.8) is 0 Å². The average Bonchev–Trinajstić information content (AvgIpc) is 2.74. The molecule has 0 aliphatic heterocycles. The van der Waals surface area contributed by atoms with Crippen LogP contribution in [0, 0.1) is 5.41 Å². The Kier molecular flexibility index (Phi) is 10.8. The number of allylic oxidation sites excluding steroid dienone is 1. The van der Waals surface area contributed by atoms with E-state index >= 15 is 0 Å². The smallest absolute Gasteiger partial charge is 0.371 e. The molecule has 0 aliphatic carbocycles. The molecule has 0 bridgehead atoms. The molecular formula is C24H19Cl4F6NS2. The second kappa shape index (κ2) is 12.4. The average molecular weight is 641 g/mol. The Balaban J connectivity index is 2.24. The number of alkyl halides is 6. The van der Waals surface area contributed by atoms with Gasteiger partial charge in [-0.05, 0) is 35.7 Å². The lowest BCUT2D eigenvalue weighted by Crippen LogP contribution is -2.41. The van der Waals surface area contributed by atoms with Gasteiger partial charge in [0.2, 0.25) is 0 Å². The van der Waals surface area contributed by atoms with E-state index in [1.807, 2.05) is 0 Å². The molecule has 13 heteroatoms. The zero-order chi connectivity index (χ0) is 28.3. The van der Waals surface area contributed by atoms with Gasteiger partial charge >= 0.3 is 12.4 Å². The Bertz CT molecular complexity index is 1190. The first-order chi connectivity index (χ1) is 16.8. The molecule has 0 fully saturated rings. The molecule has 0 amide bonds. The molecule has 1 unspecified atom stereocenters. The monoisotopic (exact) mass is 639 g/mol. The topological polar surface area (TPSA) is 12.0 Å². The Labute approximate surface area is 241 Å². The Morgan fingerprint density at radius 3 is 1.97 bits per heavy atom. The summed E-state index contributed by atoms with van der Waals surface area (Å²) < 4.78 is 78.8. The van der Waals surface area contributed by atoms with Crippen LogP contribution in [0.5, 0.6) is 0 Å². The van der Waals surface area contributed by atoms with Gasteiger partial charge in [-0.3, -0.25) is 0 Å². The molecule has 0 radical (unpaired) electrons. The van der Waals surface area contributed by atoms with Crippen molar-refractivity contribution < 1.29 is 26.3 Å². The van der Waals surface area contributed by atoms with E-state index < -0.39 is 30.2 Å². The lowest BCUT2D eigenvalue weighted by Gasteiger charge is -2.27. The predicted molar refractivity (Wildman–Crippen MR) is 148 cm³/mol. The van der Waals surface area contributed by atoms with Crippen LogP contribution in [0.25, 0.3) is 6.08 Å². The number of benzene rings is 2. The molecule has 2 aromatic rings. The van der Waals surface area contributed by atoms with E-state index in [2.05, 4.69) is 5.32 Å². The third-order valence-corrected chi connectivity index (χ3v) is 7.73. The number of rotatable bonds is 8. The van der Waals surface area contributed by atoms with E-state index in [0.717, 1.165) is 18.2 Å². The maximum absolute atomic E-state index is 13.8. The molecule has 2 rings (SSSR count). The van der Waals surface area contributed by atoms with Gasteiger partial charge in [-0.2, -0.15) is 26.3 Å². The molecule has 1 atom stereocenters. The largest absolute Gasteiger partial charge is 0.405 e. The zero-order valence-electron chi connectivity index (χ0n) is 19.1. The molecule has 1 N–H and O–H groups in total. The van der Waals surface area contributed by atoms with Crippen LogP contribution >= 0.6 is 70.8 Å². The minimum Gasteiger partial charge on any atom is -0.371 e. The molecule has 202 valence electrons. The Morgan fingerprint density at radius 1 is 0.919 bits per heavy atom. The standard InChI is InChI=1S/C24H19Cl4F6NS2/c1-22(2,21(37)35-11-23(29,30)31)10-19(36)14-5-3-12(7-16(14)25)4-6-15(24(32,33)34)13-8-17(26)20(28)18(27)9-13/h3-9,15H,10-11H2,1-2H3,(H,35,37)/b6-4+. The lowest BCUT2D eigenvalue weighted by atomic mass is 9.85. The van der Waals surface area contributed by atoms with Gasteiger partial charge < -0.3 is 5.32 Å². The van der Waals surface area contributed by atoms with Gasteiger partial charge in [0.1, 0.15) is 6.54 Å². The van der Waals surface area contributed by atoms with Gasteiger partial charge in [-0.1, -0.05) is 109 Å². The maximum atomic E-state index is 13.8. The third-order valence-electron chi connectivity index (χ3n) is 5.16. The Morgan fingerprint density at radius 2 is 1.49 bits per heavy atom. The van der Waals surface area contributed by atoms with Crippen molar-refractivity contribution in [3.05, 3.63) is 73.2 Å². The molecule has 0 heterocycles. The summed E-state index contributed by atoms with van der Waals surface area (Å²) >= 11 is 34.5. The molecule has 0 saturated heterocycles. The van der Waals surface area contributed by atoms with Gasteiger partial charge in [-0.25, -0.2) is 0 Å². The SMILES string of the molecule is CC(C)(CC(=S)c1ccc(/C=C/C(c2cc(Cl)c(Cl)c(Cl)c2)C(F)(F)F)cc1Cl)C(=S)NCC(F)(F)F. The van der Waals surface area contributed by atoms with Crippen molar-refractivity contribution in [1.82, 2.24) is 5.32 Å². The van der Waals surface area contributed by atoms with Crippen LogP contribution in [-0.2, 0) is 0 Å². The first kappa shape index (κ1) is 32.1. The molecule has 0 saturated carbocycles. The quantitative estimate of drug-likeness (QED) is 0.133. The summed E-state index contributed by atoms with van der Waals surface area (Å²) in [4.78, 5) is 0.323. The van der Waals surface area contributed by atoms with Gasteiger partial charge in [-0.15, -0.1) is 0 Å². The fourth-order valence-corrected chi connectivity index (χ4v) is 4.88. The molecule has 0 aliphatic rings. The number of hydrogen-bond donors (Lipinski definition) is 1. The minimum atomic E-state index is -4.65. The third kappa shape index (κ3) is 9.25. The van der Waals surface area contributed by atoms with E-state index in [0.29, 0.717) is 16.0 Å². The minimum absolute atomic E-state index is 0.0107. The second-order valence-corrected chi connectivity index (χ2v) is 11.2.